The number of phenols is 1. The summed E-state index contributed by atoms with van der Waals surface area (Å²) < 4.78 is 0. The highest BCUT2D eigenvalue weighted by atomic mass is 16.4. The zero-order chi connectivity index (χ0) is 17.0. The molecule has 0 bridgehead atoms. The molecular weight excluding hydrogens is 284 g/mol. The highest BCUT2D eigenvalue weighted by Crippen LogP contribution is 2.41. The lowest BCUT2D eigenvalue weighted by molar-refractivity contribution is -0.114. The number of benzene rings is 1. The van der Waals surface area contributed by atoms with Crippen molar-refractivity contribution < 1.29 is 25.2 Å². The summed E-state index contributed by atoms with van der Waals surface area (Å²) in [5, 5.41) is 37.0. The molecule has 1 aromatic rings. The molecule has 22 heavy (non-hydrogen) atoms. The van der Waals surface area contributed by atoms with E-state index >= 15 is 0 Å². The number of aromatic hydroxyl groups is 1. The zero-order valence-electron chi connectivity index (χ0n) is 13.4. The number of hydrogen-bond donors (Lipinski definition) is 4. The van der Waals surface area contributed by atoms with Crippen LogP contribution >= 0.6 is 0 Å². The number of aromatic carboxylic acids is 1. The van der Waals surface area contributed by atoms with Gasteiger partial charge in [-0.2, -0.15) is 0 Å². The van der Waals surface area contributed by atoms with Gasteiger partial charge in [-0.15, -0.1) is 0 Å². The Labute approximate surface area is 131 Å². The van der Waals surface area contributed by atoms with Crippen molar-refractivity contribution in [3.63, 3.8) is 0 Å². The largest absolute Gasteiger partial charge is 0.507 e. The van der Waals surface area contributed by atoms with Crippen molar-refractivity contribution in [2.24, 2.45) is 5.41 Å². The average molecular weight is 310 g/mol. The average Bonchev–Trinajstić information content (AvgIpc) is 2.38. The molecule has 2 atom stereocenters. The molecule has 1 saturated carbocycles. The number of aliphatic hydroxyl groups excluding tert-OH is 1. The molecule has 2 rings (SSSR count). The number of para-hydroxylation sites is 1. The molecule has 1 aromatic carbocycles. The first-order valence-corrected chi connectivity index (χ1v) is 7.48. The van der Waals surface area contributed by atoms with Gasteiger partial charge in [0.05, 0.1) is 11.7 Å². The standard InChI is InChI=1S/C10H20O2.C7H6O3/c1-9(2,3)10(12)6-4-5-8(11)7-10;8-6-4-2-1-3-5(6)7(9)10/h8,11-12H,4-7H2,1-3H3;1-4,8H,(H,9,10). The van der Waals surface area contributed by atoms with Crippen LogP contribution in [0, 0.1) is 5.41 Å². The summed E-state index contributed by atoms with van der Waals surface area (Å²) in [6.45, 7) is 6.10. The van der Waals surface area contributed by atoms with Crippen molar-refractivity contribution in [2.75, 3.05) is 0 Å². The fourth-order valence-electron chi connectivity index (χ4n) is 2.56. The van der Waals surface area contributed by atoms with Crippen molar-refractivity contribution >= 4 is 5.97 Å². The number of aliphatic hydroxyl groups is 2. The van der Waals surface area contributed by atoms with Gasteiger partial charge in [-0.3, -0.25) is 0 Å². The molecular formula is C17H26O5. The number of hydrogen-bond acceptors (Lipinski definition) is 4. The molecule has 1 aliphatic rings. The van der Waals surface area contributed by atoms with Crippen LogP contribution in [0.1, 0.15) is 56.8 Å². The summed E-state index contributed by atoms with van der Waals surface area (Å²) in [6, 6.07) is 5.81. The van der Waals surface area contributed by atoms with Crippen LogP contribution in [0.5, 0.6) is 5.75 Å². The van der Waals surface area contributed by atoms with Gasteiger partial charge in [0.15, 0.2) is 0 Å². The van der Waals surface area contributed by atoms with Crippen molar-refractivity contribution in [1.29, 1.82) is 0 Å². The van der Waals surface area contributed by atoms with E-state index in [9.17, 15) is 15.0 Å². The van der Waals surface area contributed by atoms with Crippen molar-refractivity contribution in [3.05, 3.63) is 29.8 Å². The van der Waals surface area contributed by atoms with Crippen molar-refractivity contribution in [1.82, 2.24) is 0 Å². The Hall–Kier alpha value is -1.59. The Balaban J connectivity index is 0.000000224. The molecule has 0 amide bonds. The highest BCUT2D eigenvalue weighted by Gasteiger charge is 2.43. The third-order valence-corrected chi connectivity index (χ3v) is 4.23. The molecule has 0 aromatic heterocycles. The van der Waals surface area contributed by atoms with E-state index in [1.807, 2.05) is 20.8 Å². The molecule has 124 valence electrons. The number of carboxylic acid groups (broad SMARTS) is 1. The lowest BCUT2D eigenvalue weighted by atomic mass is 9.67. The third-order valence-electron chi connectivity index (χ3n) is 4.23. The summed E-state index contributed by atoms with van der Waals surface area (Å²) in [4.78, 5) is 10.3. The van der Waals surface area contributed by atoms with Crippen LogP contribution < -0.4 is 0 Å². The van der Waals surface area contributed by atoms with Gasteiger partial charge >= 0.3 is 5.97 Å². The summed E-state index contributed by atoms with van der Waals surface area (Å²) in [5.74, 6) is -1.31. The van der Waals surface area contributed by atoms with Gasteiger partial charge in [-0.25, -0.2) is 4.79 Å². The number of carboxylic acids is 1. The first-order chi connectivity index (χ1) is 10.1. The maximum Gasteiger partial charge on any atom is 0.339 e. The van der Waals surface area contributed by atoms with Crippen LogP contribution in [-0.4, -0.2) is 38.1 Å². The van der Waals surface area contributed by atoms with Gasteiger partial charge in [-0.05, 0) is 36.8 Å². The second-order valence-electron chi connectivity index (χ2n) is 6.85. The van der Waals surface area contributed by atoms with Gasteiger partial charge in [-0.1, -0.05) is 32.9 Å². The van der Waals surface area contributed by atoms with Crippen LogP contribution in [0.25, 0.3) is 0 Å². The van der Waals surface area contributed by atoms with E-state index < -0.39 is 11.6 Å². The fourth-order valence-corrected chi connectivity index (χ4v) is 2.56. The van der Waals surface area contributed by atoms with Crippen LogP contribution in [0.15, 0.2) is 24.3 Å². The molecule has 2 unspecified atom stereocenters. The topological polar surface area (TPSA) is 98.0 Å². The van der Waals surface area contributed by atoms with E-state index in [1.165, 1.54) is 12.1 Å². The Morgan fingerprint density at radius 1 is 1.27 bits per heavy atom. The van der Waals surface area contributed by atoms with E-state index in [0.717, 1.165) is 19.3 Å². The monoisotopic (exact) mass is 310 g/mol. The highest BCUT2D eigenvalue weighted by molar-refractivity contribution is 5.90. The third kappa shape index (κ3) is 4.71. The number of carbonyl (C=O) groups is 1. The van der Waals surface area contributed by atoms with E-state index in [2.05, 4.69) is 0 Å². The SMILES string of the molecule is CC(C)(C)C1(O)CCCC(O)C1.O=C(O)c1ccccc1O. The second kappa shape index (κ2) is 7.11. The molecule has 5 nitrogen and oxygen atoms in total. The summed E-state index contributed by atoms with van der Waals surface area (Å²) >= 11 is 0. The van der Waals surface area contributed by atoms with Gasteiger partial charge in [0.1, 0.15) is 11.3 Å². The fraction of sp³-hybridized carbons (Fsp3) is 0.588. The molecule has 0 aliphatic heterocycles. The van der Waals surface area contributed by atoms with E-state index in [0.29, 0.717) is 6.42 Å². The van der Waals surface area contributed by atoms with Gasteiger partial charge in [0, 0.05) is 6.42 Å². The van der Waals surface area contributed by atoms with Gasteiger partial charge < -0.3 is 20.4 Å². The Kier molecular flexibility index (Phi) is 5.97. The Morgan fingerprint density at radius 2 is 1.86 bits per heavy atom. The van der Waals surface area contributed by atoms with E-state index in [-0.39, 0.29) is 22.8 Å². The molecule has 0 radical (unpaired) electrons. The summed E-state index contributed by atoms with van der Waals surface area (Å²) in [5.41, 5.74) is -0.846. The van der Waals surface area contributed by atoms with E-state index in [1.54, 1.807) is 12.1 Å². The quantitative estimate of drug-likeness (QED) is 0.639. The number of rotatable bonds is 1. The van der Waals surface area contributed by atoms with Crippen LogP contribution in [-0.2, 0) is 0 Å². The first-order valence-electron chi connectivity index (χ1n) is 7.48. The van der Waals surface area contributed by atoms with Crippen molar-refractivity contribution in [3.8, 4) is 5.75 Å². The lowest BCUT2D eigenvalue weighted by Crippen LogP contribution is -2.47. The molecule has 0 heterocycles. The maximum absolute atomic E-state index is 10.3. The van der Waals surface area contributed by atoms with Gasteiger partial charge in [0.25, 0.3) is 0 Å². The van der Waals surface area contributed by atoms with Crippen LogP contribution in [0.2, 0.25) is 0 Å². The normalized spacial score (nSPS) is 25.0. The molecule has 0 spiro atoms. The Morgan fingerprint density at radius 3 is 2.23 bits per heavy atom. The predicted octanol–water partition coefficient (Wildman–Crippen LogP) is 2.79. The molecule has 1 aliphatic carbocycles. The zero-order valence-corrected chi connectivity index (χ0v) is 13.4. The predicted molar refractivity (Wildman–Crippen MR) is 83.9 cm³/mol. The molecule has 1 fully saturated rings. The molecule has 0 saturated heterocycles. The Bertz CT molecular complexity index is 506. The smallest absolute Gasteiger partial charge is 0.339 e. The summed E-state index contributed by atoms with van der Waals surface area (Å²) in [6.07, 6.45) is 2.85. The minimum Gasteiger partial charge on any atom is -0.507 e. The van der Waals surface area contributed by atoms with Crippen LogP contribution in [0.4, 0.5) is 0 Å². The lowest BCUT2D eigenvalue weighted by Gasteiger charge is -2.44. The maximum atomic E-state index is 10.3. The van der Waals surface area contributed by atoms with Crippen molar-refractivity contribution in [2.45, 2.75) is 58.2 Å². The minimum absolute atomic E-state index is 0.0671. The minimum atomic E-state index is -1.11. The summed E-state index contributed by atoms with van der Waals surface area (Å²) in [7, 11) is 0. The molecule has 5 heteroatoms. The molecule has 4 N–H and O–H groups in total. The first kappa shape index (κ1) is 18.5. The van der Waals surface area contributed by atoms with Crippen LogP contribution in [0.3, 0.4) is 0 Å². The second-order valence-corrected chi connectivity index (χ2v) is 6.85. The van der Waals surface area contributed by atoms with E-state index in [4.69, 9.17) is 10.2 Å². The van der Waals surface area contributed by atoms with Gasteiger partial charge in [0.2, 0.25) is 0 Å².